The third kappa shape index (κ3) is 5.03. The number of hydrogen-bond acceptors (Lipinski definition) is 4. The number of anilines is 1. The molecular weight excluding hydrogens is 378 g/mol. The molecule has 0 aromatic heterocycles. The van der Waals surface area contributed by atoms with Gasteiger partial charge in [0.2, 0.25) is 0 Å². The molecule has 0 unspecified atom stereocenters. The van der Waals surface area contributed by atoms with Gasteiger partial charge in [-0.15, -0.1) is 0 Å². The number of rotatable bonds is 8. The van der Waals surface area contributed by atoms with Gasteiger partial charge in [0.1, 0.15) is 11.5 Å². The number of carboxylic acid groups (broad SMARTS) is 1. The molecule has 0 radical (unpaired) electrons. The molecule has 0 spiro atoms. The van der Waals surface area contributed by atoms with E-state index in [1.54, 1.807) is 27.2 Å². The van der Waals surface area contributed by atoms with Gasteiger partial charge in [-0.25, -0.2) is 4.79 Å². The first-order valence-corrected chi connectivity index (χ1v) is 9.85. The molecule has 0 atom stereocenters. The summed E-state index contributed by atoms with van der Waals surface area (Å²) in [5.74, 6) is 0.394. The predicted molar refractivity (Wildman–Crippen MR) is 124 cm³/mol. The van der Waals surface area contributed by atoms with Crippen molar-refractivity contribution in [2.24, 2.45) is 0 Å². The second-order valence-electron chi connectivity index (χ2n) is 7.48. The fourth-order valence-corrected chi connectivity index (χ4v) is 3.41. The van der Waals surface area contributed by atoms with Crippen molar-refractivity contribution in [1.82, 2.24) is 0 Å². The lowest BCUT2D eigenvalue weighted by Gasteiger charge is -2.21. The van der Waals surface area contributed by atoms with Crippen LogP contribution in [0.1, 0.15) is 37.5 Å². The van der Waals surface area contributed by atoms with E-state index >= 15 is 0 Å². The topological polar surface area (TPSA) is 67.8 Å². The molecule has 2 N–H and O–H groups in total. The fourth-order valence-electron chi connectivity index (χ4n) is 3.41. The van der Waals surface area contributed by atoms with E-state index in [-0.39, 0.29) is 5.57 Å². The van der Waals surface area contributed by atoms with Crippen LogP contribution in [0.15, 0.2) is 41.5 Å². The minimum Gasteiger partial charge on any atom is -0.496 e. The van der Waals surface area contributed by atoms with Gasteiger partial charge >= 0.3 is 5.97 Å². The van der Waals surface area contributed by atoms with Crippen molar-refractivity contribution in [3.8, 4) is 22.6 Å². The number of aliphatic carboxylic acids is 1. The molecule has 0 heterocycles. The van der Waals surface area contributed by atoms with Crippen molar-refractivity contribution in [2.45, 2.75) is 34.6 Å². The Kier molecular flexibility index (Phi) is 7.70. The molecule has 30 heavy (non-hydrogen) atoms. The Labute approximate surface area is 179 Å². The molecule has 0 aliphatic rings. The molecule has 0 amide bonds. The summed E-state index contributed by atoms with van der Waals surface area (Å²) in [6.07, 6.45) is 3.77. The lowest BCUT2D eigenvalue weighted by Crippen LogP contribution is -2.03. The van der Waals surface area contributed by atoms with E-state index in [0.717, 1.165) is 40.0 Å². The first kappa shape index (κ1) is 23.1. The summed E-state index contributed by atoms with van der Waals surface area (Å²) >= 11 is 0. The number of allylic oxidation sites excluding steroid dienone is 1. The van der Waals surface area contributed by atoms with Crippen LogP contribution in [0, 0.1) is 13.8 Å². The molecule has 0 aliphatic heterocycles. The van der Waals surface area contributed by atoms with E-state index < -0.39 is 5.97 Å². The maximum Gasteiger partial charge on any atom is 0.331 e. The summed E-state index contributed by atoms with van der Waals surface area (Å²) in [4.78, 5) is 11.3. The number of ether oxygens (including phenoxy) is 2. The van der Waals surface area contributed by atoms with E-state index in [1.165, 1.54) is 5.57 Å². The molecule has 0 fully saturated rings. The fraction of sp³-hybridized carbons (Fsp3) is 0.320. The number of hydrogen-bond donors (Lipinski definition) is 2. The van der Waals surface area contributed by atoms with Gasteiger partial charge in [0.05, 0.1) is 14.2 Å². The Morgan fingerprint density at radius 2 is 1.60 bits per heavy atom. The van der Waals surface area contributed by atoms with Crippen molar-refractivity contribution >= 4 is 17.7 Å². The minimum absolute atomic E-state index is 0.234. The smallest absolute Gasteiger partial charge is 0.331 e. The maximum atomic E-state index is 11.3. The highest BCUT2D eigenvalue weighted by Crippen LogP contribution is 2.44. The molecule has 2 aromatic rings. The van der Waals surface area contributed by atoms with Gasteiger partial charge in [-0.2, -0.15) is 0 Å². The Morgan fingerprint density at radius 1 is 1.00 bits per heavy atom. The quantitative estimate of drug-likeness (QED) is 0.423. The zero-order chi connectivity index (χ0) is 22.4. The number of methoxy groups -OCH3 is 2. The number of nitrogens with one attached hydrogen (secondary N) is 1. The van der Waals surface area contributed by atoms with Crippen molar-refractivity contribution in [3.63, 3.8) is 0 Å². The van der Waals surface area contributed by atoms with Crippen LogP contribution in [0.2, 0.25) is 0 Å². The van der Waals surface area contributed by atoms with E-state index in [9.17, 15) is 9.90 Å². The summed E-state index contributed by atoms with van der Waals surface area (Å²) in [6.45, 7) is 10.4. The number of carboxylic acids is 1. The molecule has 0 saturated carbocycles. The summed E-state index contributed by atoms with van der Waals surface area (Å²) in [5, 5.41) is 12.7. The number of carbonyl (C=O) groups is 1. The van der Waals surface area contributed by atoms with E-state index in [0.29, 0.717) is 11.5 Å². The first-order chi connectivity index (χ1) is 14.2. The highest BCUT2D eigenvalue weighted by molar-refractivity contribution is 5.93. The monoisotopic (exact) mass is 409 g/mol. The van der Waals surface area contributed by atoms with Crippen LogP contribution in [-0.4, -0.2) is 31.8 Å². The van der Waals surface area contributed by atoms with Crippen molar-refractivity contribution in [1.29, 1.82) is 0 Å². The molecule has 5 heteroatoms. The Morgan fingerprint density at radius 3 is 2.10 bits per heavy atom. The van der Waals surface area contributed by atoms with E-state index in [1.807, 2.05) is 38.1 Å². The second-order valence-corrected chi connectivity index (χ2v) is 7.48. The average molecular weight is 410 g/mol. The average Bonchev–Trinajstić information content (AvgIpc) is 2.70. The third-order valence-corrected chi connectivity index (χ3v) is 5.03. The third-order valence-electron chi connectivity index (χ3n) is 5.03. The van der Waals surface area contributed by atoms with Crippen LogP contribution in [0.25, 0.3) is 17.2 Å². The van der Waals surface area contributed by atoms with Gasteiger partial charge in [0, 0.05) is 40.1 Å². The number of benzene rings is 2. The zero-order valence-electron chi connectivity index (χ0n) is 18.8. The lowest BCUT2D eigenvalue weighted by molar-refractivity contribution is -0.132. The van der Waals surface area contributed by atoms with Crippen LogP contribution in [0.4, 0.5) is 5.69 Å². The molecule has 2 aromatic carbocycles. The molecule has 0 aliphatic carbocycles. The second kappa shape index (κ2) is 10.0. The molecule has 5 nitrogen and oxygen atoms in total. The SMILES string of the molecule is COc1c(C)c(-c2ccc(NCC=C(C)C)cc2)c(OC)c(C)c1C=C(C)C(=O)O. The summed E-state index contributed by atoms with van der Waals surface area (Å²) in [5.41, 5.74) is 6.93. The largest absolute Gasteiger partial charge is 0.496 e. The van der Waals surface area contributed by atoms with Gasteiger partial charge in [-0.05, 0) is 58.4 Å². The molecule has 2 rings (SSSR count). The van der Waals surface area contributed by atoms with Crippen molar-refractivity contribution < 1.29 is 19.4 Å². The van der Waals surface area contributed by atoms with Gasteiger partial charge in [0.25, 0.3) is 0 Å². The Bertz CT molecular complexity index is 981. The van der Waals surface area contributed by atoms with Crippen LogP contribution >= 0.6 is 0 Å². The summed E-state index contributed by atoms with van der Waals surface area (Å²) in [6, 6.07) is 8.17. The Balaban J connectivity index is 2.58. The van der Waals surface area contributed by atoms with Crippen LogP contribution < -0.4 is 14.8 Å². The lowest BCUT2D eigenvalue weighted by atomic mass is 9.91. The van der Waals surface area contributed by atoms with Gasteiger partial charge in [-0.1, -0.05) is 23.8 Å². The van der Waals surface area contributed by atoms with E-state index in [2.05, 4.69) is 25.2 Å². The summed E-state index contributed by atoms with van der Waals surface area (Å²) < 4.78 is 11.4. The minimum atomic E-state index is -0.964. The molecule has 0 saturated heterocycles. The highest BCUT2D eigenvalue weighted by Gasteiger charge is 2.21. The molecular formula is C25H31NO4. The van der Waals surface area contributed by atoms with Gasteiger partial charge in [-0.3, -0.25) is 0 Å². The van der Waals surface area contributed by atoms with Gasteiger partial charge < -0.3 is 19.9 Å². The Hall–Kier alpha value is -3.21. The normalized spacial score (nSPS) is 11.1. The summed E-state index contributed by atoms with van der Waals surface area (Å²) in [7, 11) is 3.23. The van der Waals surface area contributed by atoms with Crippen LogP contribution in [0.5, 0.6) is 11.5 Å². The van der Waals surface area contributed by atoms with Crippen molar-refractivity contribution in [2.75, 3.05) is 26.1 Å². The van der Waals surface area contributed by atoms with E-state index in [4.69, 9.17) is 9.47 Å². The van der Waals surface area contributed by atoms with Gasteiger partial charge in [0.15, 0.2) is 0 Å². The van der Waals surface area contributed by atoms with Crippen LogP contribution in [0.3, 0.4) is 0 Å². The highest BCUT2D eigenvalue weighted by atomic mass is 16.5. The first-order valence-electron chi connectivity index (χ1n) is 9.85. The van der Waals surface area contributed by atoms with Crippen molar-refractivity contribution in [3.05, 3.63) is 58.2 Å². The molecule has 0 bridgehead atoms. The van der Waals surface area contributed by atoms with Crippen LogP contribution in [-0.2, 0) is 4.79 Å². The maximum absolute atomic E-state index is 11.3. The zero-order valence-corrected chi connectivity index (χ0v) is 18.8. The molecule has 160 valence electrons. The standard InChI is InChI=1S/C25H31NO4/c1-15(2)12-13-26-20-10-8-19(9-11-20)22-18(5)23(29-6)21(14-16(3)25(27)28)17(4)24(22)30-7/h8-12,14,26H,13H2,1-7H3,(H,27,28). The predicted octanol–water partition coefficient (Wildman–Crippen LogP) is 5.85.